The van der Waals surface area contributed by atoms with Crippen molar-refractivity contribution < 1.29 is 5.11 Å². The molecule has 2 atom stereocenters. The number of phenols is 1. The molecule has 1 aliphatic heterocycles. The van der Waals surface area contributed by atoms with E-state index in [9.17, 15) is 5.11 Å². The van der Waals surface area contributed by atoms with Crippen molar-refractivity contribution in [2.24, 2.45) is 0 Å². The predicted octanol–water partition coefficient (Wildman–Crippen LogP) is 5.08. The summed E-state index contributed by atoms with van der Waals surface area (Å²) in [5, 5.41) is 13.9. The van der Waals surface area contributed by atoms with Crippen LogP contribution in [0.3, 0.4) is 0 Å². The van der Waals surface area contributed by atoms with Crippen LogP contribution in [0.1, 0.15) is 40.3 Å². The summed E-state index contributed by atoms with van der Waals surface area (Å²) in [6.07, 6.45) is 3.63. The van der Waals surface area contributed by atoms with Gasteiger partial charge in [-0.25, -0.2) is 4.98 Å². The van der Waals surface area contributed by atoms with Crippen LogP contribution in [0.4, 0.5) is 5.69 Å². The van der Waals surface area contributed by atoms with Gasteiger partial charge in [0.25, 0.3) is 0 Å². The highest BCUT2D eigenvalue weighted by atomic mass is 32.1. The van der Waals surface area contributed by atoms with Gasteiger partial charge < -0.3 is 19.9 Å². The van der Waals surface area contributed by atoms with Crippen molar-refractivity contribution in [2.45, 2.75) is 32.9 Å². The molecule has 3 aromatic heterocycles. The third-order valence-corrected chi connectivity index (χ3v) is 6.52. The maximum Gasteiger partial charge on any atom is 0.174 e. The lowest BCUT2D eigenvalue weighted by atomic mass is 9.96. The second kappa shape index (κ2) is 8.33. The molecule has 2 unspecified atom stereocenters. The van der Waals surface area contributed by atoms with Gasteiger partial charge in [-0.15, -0.1) is 0 Å². The highest BCUT2D eigenvalue weighted by Crippen LogP contribution is 2.43. The topological polar surface area (TPSA) is 66.2 Å². The minimum absolute atomic E-state index is 0.124. The van der Waals surface area contributed by atoms with Crippen LogP contribution in [-0.2, 0) is 0 Å². The van der Waals surface area contributed by atoms with Gasteiger partial charge in [-0.1, -0.05) is 12.1 Å². The second-order valence-electron chi connectivity index (χ2n) is 8.32. The maximum atomic E-state index is 9.83. The van der Waals surface area contributed by atoms with Crippen molar-refractivity contribution >= 4 is 23.0 Å². The third kappa shape index (κ3) is 3.64. The number of hydrogen-bond donors (Lipinski definition) is 2. The van der Waals surface area contributed by atoms with E-state index < -0.39 is 0 Å². The number of thiocarbonyl (C=S) groups is 1. The Balaban J connectivity index is 1.69. The van der Waals surface area contributed by atoms with E-state index in [0.29, 0.717) is 5.11 Å². The molecule has 1 fully saturated rings. The summed E-state index contributed by atoms with van der Waals surface area (Å²) in [7, 11) is 0. The van der Waals surface area contributed by atoms with E-state index in [2.05, 4.69) is 57.7 Å². The van der Waals surface area contributed by atoms with E-state index in [-0.39, 0.29) is 17.8 Å². The zero-order valence-corrected chi connectivity index (χ0v) is 19.5. The first kappa shape index (κ1) is 21.2. The zero-order chi connectivity index (χ0) is 23.1. The molecule has 166 valence electrons. The number of aryl methyl sites for hydroxylation is 2. The molecule has 0 radical (unpaired) electrons. The molecule has 0 aliphatic carbocycles. The van der Waals surface area contributed by atoms with Crippen LogP contribution in [0.25, 0.3) is 5.82 Å². The number of pyridine rings is 2. The van der Waals surface area contributed by atoms with Crippen molar-refractivity contribution in [3.8, 4) is 11.6 Å². The van der Waals surface area contributed by atoms with Crippen LogP contribution < -0.4 is 10.2 Å². The fraction of sp³-hybridized carbons (Fsp3) is 0.192. The average molecular weight is 456 g/mol. The molecular weight excluding hydrogens is 430 g/mol. The fourth-order valence-electron chi connectivity index (χ4n) is 4.69. The number of nitrogens with zero attached hydrogens (tertiary/aromatic N) is 4. The maximum absolute atomic E-state index is 9.83. The van der Waals surface area contributed by atoms with Gasteiger partial charge in [-0.05, 0) is 92.6 Å². The van der Waals surface area contributed by atoms with Crippen LogP contribution in [0.5, 0.6) is 5.75 Å². The van der Waals surface area contributed by atoms with E-state index in [4.69, 9.17) is 12.2 Å². The lowest BCUT2D eigenvalue weighted by Gasteiger charge is -2.28. The highest BCUT2D eigenvalue weighted by Gasteiger charge is 2.42. The van der Waals surface area contributed by atoms with Crippen molar-refractivity contribution in [1.82, 2.24) is 19.9 Å². The molecule has 4 heterocycles. The molecule has 0 spiro atoms. The van der Waals surface area contributed by atoms with E-state index in [1.165, 1.54) is 0 Å². The van der Waals surface area contributed by atoms with E-state index in [1.807, 2.05) is 42.6 Å². The molecule has 1 saturated heterocycles. The summed E-state index contributed by atoms with van der Waals surface area (Å²) in [4.78, 5) is 11.4. The fourth-order valence-corrected chi connectivity index (χ4v) is 5.03. The number of phenolic OH excluding ortho intramolecular Hbond substituents is 1. The number of nitrogens with one attached hydrogen (secondary N) is 1. The molecule has 6 nitrogen and oxygen atoms in total. The molecule has 7 heteroatoms. The van der Waals surface area contributed by atoms with Crippen molar-refractivity contribution in [1.29, 1.82) is 0 Å². The van der Waals surface area contributed by atoms with Gasteiger partial charge in [0.1, 0.15) is 11.6 Å². The Hall–Kier alpha value is -3.71. The van der Waals surface area contributed by atoms with E-state index >= 15 is 0 Å². The van der Waals surface area contributed by atoms with E-state index in [1.54, 1.807) is 18.3 Å². The summed E-state index contributed by atoms with van der Waals surface area (Å²) in [5.41, 5.74) is 6.30. The summed E-state index contributed by atoms with van der Waals surface area (Å²) in [6, 6.07) is 19.1. The van der Waals surface area contributed by atoms with Crippen LogP contribution in [0.2, 0.25) is 0 Å². The minimum Gasteiger partial charge on any atom is -0.508 e. The largest absolute Gasteiger partial charge is 0.508 e. The number of aromatic nitrogens is 3. The van der Waals surface area contributed by atoms with Gasteiger partial charge in [-0.2, -0.15) is 0 Å². The summed E-state index contributed by atoms with van der Waals surface area (Å²) >= 11 is 5.81. The molecule has 5 rings (SSSR count). The van der Waals surface area contributed by atoms with Gasteiger partial charge in [0.05, 0.1) is 17.8 Å². The van der Waals surface area contributed by atoms with Crippen LogP contribution in [-0.4, -0.2) is 24.8 Å². The molecule has 0 bridgehead atoms. The third-order valence-electron chi connectivity index (χ3n) is 6.21. The quantitative estimate of drug-likeness (QED) is 0.419. The Labute approximate surface area is 198 Å². The summed E-state index contributed by atoms with van der Waals surface area (Å²) < 4.78 is 2.20. The number of rotatable bonds is 4. The van der Waals surface area contributed by atoms with Crippen molar-refractivity contribution in [2.75, 3.05) is 4.90 Å². The van der Waals surface area contributed by atoms with Gasteiger partial charge in [0, 0.05) is 29.5 Å². The number of anilines is 1. The summed E-state index contributed by atoms with van der Waals surface area (Å²) in [6.45, 7) is 6.31. The Morgan fingerprint density at radius 3 is 2.39 bits per heavy atom. The molecule has 0 saturated carbocycles. The molecule has 0 amide bonds. The summed E-state index contributed by atoms with van der Waals surface area (Å²) in [5.74, 6) is 1.15. The van der Waals surface area contributed by atoms with Gasteiger partial charge in [0.15, 0.2) is 5.11 Å². The van der Waals surface area contributed by atoms with E-state index in [0.717, 1.165) is 39.7 Å². The molecule has 33 heavy (non-hydrogen) atoms. The number of benzene rings is 1. The van der Waals surface area contributed by atoms with Crippen LogP contribution >= 0.6 is 12.2 Å². The first-order chi connectivity index (χ1) is 16.0. The predicted molar refractivity (Wildman–Crippen MR) is 134 cm³/mol. The minimum atomic E-state index is -0.133. The van der Waals surface area contributed by atoms with Gasteiger partial charge in [-0.3, -0.25) is 4.98 Å². The molecular formula is C26H25N5OS. The van der Waals surface area contributed by atoms with Crippen molar-refractivity contribution in [3.05, 3.63) is 101 Å². The molecule has 1 aromatic carbocycles. The molecule has 2 N–H and O–H groups in total. The Morgan fingerprint density at radius 2 is 1.70 bits per heavy atom. The van der Waals surface area contributed by atoms with Gasteiger partial charge >= 0.3 is 0 Å². The van der Waals surface area contributed by atoms with Crippen LogP contribution in [0.15, 0.2) is 73.1 Å². The van der Waals surface area contributed by atoms with Crippen molar-refractivity contribution in [3.63, 3.8) is 0 Å². The molecule has 4 aromatic rings. The zero-order valence-electron chi connectivity index (χ0n) is 18.7. The normalized spacial score (nSPS) is 17.9. The highest BCUT2D eigenvalue weighted by molar-refractivity contribution is 7.80. The Bertz CT molecular complexity index is 1320. The van der Waals surface area contributed by atoms with Crippen LogP contribution in [0, 0.1) is 20.8 Å². The lowest BCUT2D eigenvalue weighted by molar-refractivity contribution is 0.475. The monoisotopic (exact) mass is 455 g/mol. The average Bonchev–Trinajstić information content (AvgIpc) is 3.31. The number of aromatic hydroxyl groups is 1. The first-order valence-corrected chi connectivity index (χ1v) is 11.3. The first-order valence-electron chi connectivity index (χ1n) is 10.9. The lowest BCUT2D eigenvalue weighted by Crippen LogP contribution is -2.29. The SMILES string of the molecule is Cc1cccnc1-n1c(C)cc(C2C(c3ccccn3)NC(=S)N2c2ccc(O)cc2)c1C. The van der Waals surface area contributed by atoms with Gasteiger partial charge in [0.2, 0.25) is 0 Å². The standard InChI is InChI=1S/C26H25N5OS/c1-16-7-6-14-28-25(16)30-17(2)15-21(18(30)3)24-23(22-8-4-5-13-27-22)29-26(33)31(24)19-9-11-20(32)12-10-19/h4-15,23-24,32H,1-3H3,(H,29,33). The number of hydrogen-bond acceptors (Lipinski definition) is 4. The second-order valence-corrected chi connectivity index (χ2v) is 8.71. The molecule has 1 aliphatic rings. The smallest absolute Gasteiger partial charge is 0.174 e. The Morgan fingerprint density at radius 1 is 0.939 bits per heavy atom. The Kier molecular flexibility index (Phi) is 5.34.